The van der Waals surface area contributed by atoms with E-state index in [2.05, 4.69) is 54.1 Å². The average Bonchev–Trinajstić information content (AvgIpc) is 2.92. The summed E-state index contributed by atoms with van der Waals surface area (Å²) >= 11 is 0. The molecule has 0 aromatic heterocycles. The fourth-order valence-corrected chi connectivity index (χ4v) is 3.34. The molecule has 1 fully saturated rings. The summed E-state index contributed by atoms with van der Waals surface area (Å²) in [5, 5.41) is 0. The summed E-state index contributed by atoms with van der Waals surface area (Å²) in [4.78, 5) is 4.93. The summed E-state index contributed by atoms with van der Waals surface area (Å²) in [6.07, 6.45) is 1.13. The average molecular weight is 291 g/mol. The van der Waals surface area contributed by atoms with Crippen LogP contribution in [-0.2, 0) is 11.3 Å². The van der Waals surface area contributed by atoms with Crippen LogP contribution in [0.1, 0.15) is 18.9 Å². The van der Waals surface area contributed by atoms with Crippen LogP contribution < -0.4 is 5.73 Å². The molecule has 1 heterocycles. The Morgan fingerprint density at radius 3 is 2.71 bits per heavy atom. The summed E-state index contributed by atoms with van der Waals surface area (Å²) in [6.45, 7) is 6.80. The number of nitrogens with two attached hydrogens (primary N) is 1. The molecule has 2 atom stereocenters. The largest absolute Gasteiger partial charge is 0.383 e. The first-order valence-corrected chi connectivity index (χ1v) is 7.79. The molecule has 4 nitrogen and oxygen atoms in total. The highest BCUT2D eigenvalue weighted by molar-refractivity contribution is 5.15. The first-order valence-electron chi connectivity index (χ1n) is 7.79. The zero-order chi connectivity index (χ0) is 15.3. The number of nitrogens with zero attached hydrogens (tertiary/aromatic N) is 2. The van der Waals surface area contributed by atoms with E-state index in [1.165, 1.54) is 5.56 Å². The number of benzene rings is 1. The van der Waals surface area contributed by atoms with E-state index < -0.39 is 0 Å². The zero-order valence-corrected chi connectivity index (χ0v) is 13.6. The van der Waals surface area contributed by atoms with Crippen LogP contribution in [0.15, 0.2) is 30.3 Å². The van der Waals surface area contributed by atoms with Gasteiger partial charge in [-0.05, 0) is 26.0 Å². The number of likely N-dealkylation sites (tertiary alicyclic amines) is 1. The highest BCUT2D eigenvalue weighted by Gasteiger charge is 2.41. The number of hydrogen-bond acceptors (Lipinski definition) is 4. The minimum Gasteiger partial charge on any atom is -0.383 e. The minimum atomic E-state index is 0.0761. The van der Waals surface area contributed by atoms with Crippen molar-refractivity contribution in [1.29, 1.82) is 0 Å². The van der Waals surface area contributed by atoms with Crippen LogP contribution in [0.25, 0.3) is 0 Å². The lowest BCUT2D eigenvalue weighted by Gasteiger charge is -2.41. The number of likely N-dealkylation sites (N-methyl/N-ethyl adjacent to an activating group) is 1. The summed E-state index contributed by atoms with van der Waals surface area (Å²) in [7, 11) is 3.94. The van der Waals surface area contributed by atoms with Gasteiger partial charge in [0.25, 0.3) is 0 Å². The van der Waals surface area contributed by atoms with Crippen molar-refractivity contribution in [3.63, 3.8) is 0 Å². The molecule has 0 radical (unpaired) electrons. The molecule has 0 amide bonds. The van der Waals surface area contributed by atoms with E-state index >= 15 is 0 Å². The molecule has 1 aliphatic rings. The second kappa shape index (κ2) is 7.36. The Morgan fingerprint density at radius 1 is 1.38 bits per heavy atom. The Morgan fingerprint density at radius 2 is 2.10 bits per heavy atom. The zero-order valence-electron chi connectivity index (χ0n) is 13.6. The molecule has 1 aliphatic heterocycles. The Hall–Kier alpha value is -0.940. The van der Waals surface area contributed by atoms with Gasteiger partial charge in [-0.25, -0.2) is 0 Å². The highest BCUT2D eigenvalue weighted by atomic mass is 16.5. The van der Waals surface area contributed by atoms with Crippen molar-refractivity contribution in [2.45, 2.75) is 31.5 Å². The molecule has 0 aliphatic carbocycles. The molecule has 0 spiro atoms. The Kier molecular flexibility index (Phi) is 5.76. The Labute approximate surface area is 128 Å². The molecular weight excluding hydrogens is 262 g/mol. The maximum atomic E-state index is 6.15. The van der Waals surface area contributed by atoms with Crippen molar-refractivity contribution in [3.8, 4) is 0 Å². The predicted molar refractivity (Wildman–Crippen MR) is 87.2 cm³/mol. The topological polar surface area (TPSA) is 41.7 Å². The van der Waals surface area contributed by atoms with Crippen molar-refractivity contribution < 1.29 is 4.74 Å². The van der Waals surface area contributed by atoms with Crippen LogP contribution in [0, 0.1) is 0 Å². The van der Waals surface area contributed by atoms with Gasteiger partial charge >= 0.3 is 0 Å². The molecule has 118 valence electrons. The van der Waals surface area contributed by atoms with E-state index in [0.29, 0.717) is 12.6 Å². The van der Waals surface area contributed by atoms with Crippen LogP contribution in [0.4, 0.5) is 0 Å². The van der Waals surface area contributed by atoms with Gasteiger partial charge in [0.2, 0.25) is 0 Å². The van der Waals surface area contributed by atoms with E-state index in [4.69, 9.17) is 10.5 Å². The summed E-state index contributed by atoms with van der Waals surface area (Å²) < 4.78 is 5.30. The third-order valence-corrected chi connectivity index (χ3v) is 4.86. The van der Waals surface area contributed by atoms with Gasteiger partial charge in [0.1, 0.15) is 0 Å². The summed E-state index contributed by atoms with van der Waals surface area (Å²) in [5.41, 5.74) is 7.60. The van der Waals surface area contributed by atoms with E-state index in [1.807, 2.05) is 0 Å². The highest BCUT2D eigenvalue weighted by Crippen LogP contribution is 2.29. The van der Waals surface area contributed by atoms with Crippen molar-refractivity contribution in [3.05, 3.63) is 35.9 Å². The fourth-order valence-electron chi connectivity index (χ4n) is 3.34. The SMILES string of the molecule is COCC(C)N(C)C1(CN)CCN(Cc2ccccc2)C1. The van der Waals surface area contributed by atoms with Crippen molar-refractivity contribution >= 4 is 0 Å². The molecule has 2 N–H and O–H groups in total. The molecule has 2 unspecified atom stereocenters. The molecule has 1 aromatic rings. The molecule has 2 rings (SSSR count). The molecule has 21 heavy (non-hydrogen) atoms. The van der Waals surface area contributed by atoms with Crippen LogP contribution in [-0.4, -0.2) is 61.8 Å². The standard InChI is InChI=1S/C17H29N3O/c1-15(12-21-3)19(2)17(13-18)9-10-20(14-17)11-16-7-5-4-6-8-16/h4-8,15H,9-14,18H2,1-3H3. The van der Waals surface area contributed by atoms with Crippen LogP contribution in [0.5, 0.6) is 0 Å². The lowest BCUT2D eigenvalue weighted by molar-refractivity contribution is 0.0417. The molecule has 0 saturated carbocycles. The molecular formula is C17H29N3O. The van der Waals surface area contributed by atoms with Gasteiger partial charge in [-0.3, -0.25) is 9.80 Å². The van der Waals surface area contributed by atoms with Gasteiger partial charge in [0.05, 0.1) is 6.61 Å². The summed E-state index contributed by atoms with van der Waals surface area (Å²) in [5.74, 6) is 0. The van der Waals surface area contributed by atoms with Gasteiger partial charge in [0, 0.05) is 44.9 Å². The molecule has 4 heteroatoms. The van der Waals surface area contributed by atoms with E-state index in [1.54, 1.807) is 7.11 Å². The van der Waals surface area contributed by atoms with Crippen molar-refractivity contribution in [1.82, 2.24) is 9.80 Å². The third kappa shape index (κ3) is 3.83. The van der Waals surface area contributed by atoms with Gasteiger partial charge in [-0.15, -0.1) is 0 Å². The maximum absolute atomic E-state index is 6.15. The monoisotopic (exact) mass is 291 g/mol. The Bertz CT molecular complexity index is 425. The second-order valence-electron chi connectivity index (χ2n) is 6.29. The fraction of sp³-hybridized carbons (Fsp3) is 0.647. The summed E-state index contributed by atoms with van der Waals surface area (Å²) in [6, 6.07) is 11.1. The Balaban J connectivity index is 2.00. The first kappa shape index (κ1) is 16.4. The quantitative estimate of drug-likeness (QED) is 0.828. The number of rotatable bonds is 7. The third-order valence-electron chi connectivity index (χ3n) is 4.86. The number of ether oxygens (including phenoxy) is 1. The predicted octanol–water partition coefficient (Wildman–Crippen LogP) is 1.56. The van der Waals surface area contributed by atoms with E-state index in [-0.39, 0.29) is 5.54 Å². The van der Waals surface area contributed by atoms with Crippen molar-refractivity contribution in [2.75, 3.05) is 40.4 Å². The van der Waals surface area contributed by atoms with Gasteiger partial charge in [-0.1, -0.05) is 30.3 Å². The maximum Gasteiger partial charge on any atom is 0.0615 e. The molecule has 1 saturated heterocycles. The van der Waals surface area contributed by atoms with Crippen LogP contribution >= 0.6 is 0 Å². The van der Waals surface area contributed by atoms with Gasteiger partial charge < -0.3 is 10.5 Å². The second-order valence-corrected chi connectivity index (χ2v) is 6.29. The first-order chi connectivity index (χ1) is 10.1. The number of methoxy groups -OCH3 is 1. The number of hydrogen-bond donors (Lipinski definition) is 1. The smallest absolute Gasteiger partial charge is 0.0615 e. The lowest BCUT2D eigenvalue weighted by atomic mass is 9.95. The lowest BCUT2D eigenvalue weighted by Crippen LogP contribution is -2.57. The van der Waals surface area contributed by atoms with Gasteiger partial charge in [-0.2, -0.15) is 0 Å². The molecule has 0 bridgehead atoms. The van der Waals surface area contributed by atoms with Crippen LogP contribution in [0.2, 0.25) is 0 Å². The van der Waals surface area contributed by atoms with Gasteiger partial charge in [0.15, 0.2) is 0 Å². The van der Waals surface area contributed by atoms with E-state index in [0.717, 1.165) is 32.7 Å². The van der Waals surface area contributed by atoms with Crippen molar-refractivity contribution in [2.24, 2.45) is 5.73 Å². The minimum absolute atomic E-state index is 0.0761. The van der Waals surface area contributed by atoms with Crippen LogP contribution in [0.3, 0.4) is 0 Å². The normalized spacial score (nSPS) is 24.6. The van der Waals surface area contributed by atoms with E-state index in [9.17, 15) is 0 Å². The molecule has 1 aromatic carbocycles.